The highest BCUT2D eigenvalue weighted by molar-refractivity contribution is 5.76. The molecule has 90 valence electrons. The van der Waals surface area contributed by atoms with Crippen LogP contribution in [0.2, 0.25) is 0 Å². The Bertz CT molecular complexity index is 330. The van der Waals surface area contributed by atoms with Gasteiger partial charge in [0.05, 0.1) is 24.8 Å². The standard InChI is InChI=1S/C12H19NO3/c1-9(10-6-5-7-16-10)13-8-12(2,3)11(14)15-4/h5-7,9,13H,8H2,1-4H3. The molecule has 4 nitrogen and oxygen atoms in total. The van der Waals surface area contributed by atoms with Crippen LogP contribution < -0.4 is 5.32 Å². The van der Waals surface area contributed by atoms with Crippen molar-refractivity contribution in [2.24, 2.45) is 5.41 Å². The van der Waals surface area contributed by atoms with E-state index in [-0.39, 0.29) is 12.0 Å². The van der Waals surface area contributed by atoms with Crippen molar-refractivity contribution in [1.82, 2.24) is 5.32 Å². The van der Waals surface area contributed by atoms with Gasteiger partial charge in [0.15, 0.2) is 0 Å². The highest BCUT2D eigenvalue weighted by atomic mass is 16.5. The smallest absolute Gasteiger partial charge is 0.312 e. The van der Waals surface area contributed by atoms with Crippen molar-refractivity contribution in [2.75, 3.05) is 13.7 Å². The summed E-state index contributed by atoms with van der Waals surface area (Å²) in [7, 11) is 1.40. The molecule has 1 aromatic rings. The number of rotatable bonds is 5. The Hall–Kier alpha value is -1.29. The summed E-state index contributed by atoms with van der Waals surface area (Å²) in [6, 6.07) is 3.83. The first-order valence-electron chi connectivity index (χ1n) is 5.32. The van der Waals surface area contributed by atoms with E-state index in [0.717, 1.165) is 5.76 Å². The van der Waals surface area contributed by atoms with Crippen LogP contribution in [0.5, 0.6) is 0 Å². The Morgan fingerprint density at radius 1 is 1.62 bits per heavy atom. The molecule has 16 heavy (non-hydrogen) atoms. The van der Waals surface area contributed by atoms with Crippen molar-refractivity contribution in [1.29, 1.82) is 0 Å². The summed E-state index contributed by atoms with van der Waals surface area (Å²) in [5.41, 5.74) is -0.532. The van der Waals surface area contributed by atoms with Crippen LogP contribution in [0.3, 0.4) is 0 Å². The minimum atomic E-state index is -0.532. The molecule has 1 rings (SSSR count). The summed E-state index contributed by atoms with van der Waals surface area (Å²) in [6.07, 6.45) is 1.64. The summed E-state index contributed by atoms with van der Waals surface area (Å²) in [4.78, 5) is 11.4. The molecule has 0 bridgehead atoms. The Morgan fingerprint density at radius 3 is 2.81 bits per heavy atom. The van der Waals surface area contributed by atoms with E-state index in [1.165, 1.54) is 7.11 Å². The summed E-state index contributed by atoms with van der Waals surface area (Å²) in [5.74, 6) is 0.646. The quantitative estimate of drug-likeness (QED) is 0.780. The predicted octanol–water partition coefficient (Wildman–Crippen LogP) is 2.13. The monoisotopic (exact) mass is 225 g/mol. The topological polar surface area (TPSA) is 51.5 Å². The average Bonchev–Trinajstić information content (AvgIpc) is 2.78. The molecule has 0 spiro atoms. The molecule has 0 saturated heterocycles. The predicted molar refractivity (Wildman–Crippen MR) is 60.9 cm³/mol. The van der Waals surface area contributed by atoms with Gasteiger partial charge >= 0.3 is 5.97 Å². The van der Waals surface area contributed by atoms with Crippen molar-refractivity contribution in [3.05, 3.63) is 24.2 Å². The van der Waals surface area contributed by atoms with Gasteiger partial charge in [0.25, 0.3) is 0 Å². The Labute approximate surface area is 96.0 Å². The van der Waals surface area contributed by atoms with E-state index in [9.17, 15) is 4.79 Å². The van der Waals surface area contributed by atoms with E-state index in [0.29, 0.717) is 6.54 Å². The molecular weight excluding hydrogens is 206 g/mol. The fourth-order valence-electron chi connectivity index (χ4n) is 1.39. The molecule has 1 atom stereocenters. The van der Waals surface area contributed by atoms with Gasteiger partial charge in [0, 0.05) is 6.54 Å². The number of hydrogen-bond donors (Lipinski definition) is 1. The van der Waals surface area contributed by atoms with E-state index in [1.54, 1.807) is 6.26 Å². The minimum Gasteiger partial charge on any atom is -0.469 e. The molecule has 0 aliphatic carbocycles. The maximum atomic E-state index is 11.4. The van der Waals surface area contributed by atoms with E-state index in [1.807, 2.05) is 32.9 Å². The number of esters is 1. The second-order valence-corrected chi connectivity index (χ2v) is 4.49. The van der Waals surface area contributed by atoms with Gasteiger partial charge in [0.1, 0.15) is 5.76 Å². The summed E-state index contributed by atoms with van der Waals surface area (Å²) < 4.78 is 10.0. The number of furan rings is 1. The van der Waals surface area contributed by atoms with Gasteiger partial charge in [-0.2, -0.15) is 0 Å². The van der Waals surface area contributed by atoms with Gasteiger partial charge in [0.2, 0.25) is 0 Å². The van der Waals surface area contributed by atoms with Crippen LogP contribution in [0.15, 0.2) is 22.8 Å². The summed E-state index contributed by atoms with van der Waals surface area (Å²) in [5, 5.41) is 3.25. The second-order valence-electron chi connectivity index (χ2n) is 4.49. The first-order valence-corrected chi connectivity index (χ1v) is 5.32. The van der Waals surface area contributed by atoms with E-state index < -0.39 is 5.41 Å². The molecule has 0 aliphatic rings. The Morgan fingerprint density at radius 2 is 2.31 bits per heavy atom. The lowest BCUT2D eigenvalue weighted by Gasteiger charge is -2.23. The van der Waals surface area contributed by atoms with Gasteiger partial charge in [-0.3, -0.25) is 4.79 Å². The third-order valence-electron chi connectivity index (χ3n) is 2.56. The number of ether oxygens (including phenoxy) is 1. The zero-order chi connectivity index (χ0) is 12.2. The van der Waals surface area contributed by atoms with Crippen LogP contribution in [0.1, 0.15) is 32.6 Å². The largest absolute Gasteiger partial charge is 0.469 e. The highest BCUT2D eigenvalue weighted by Crippen LogP contribution is 2.18. The zero-order valence-electron chi connectivity index (χ0n) is 10.2. The molecule has 0 amide bonds. The van der Waals surface area contributed by atoms with E-state index >= 15 is 0 Å². The molecule has 1 N–H and O–H groups in total. The third kappa shape index (κ3) is 3.10. The lowest BCUT2D eigenvalue weighted by atomic mass is 9.93. The molecule has 1 heterocycles. The molecular formula is C12H19NO3. The molecule has 0 radical (unpaired) electrons. The van der Waals surface area contributed by atoms with Crippen molar-refractivity contribution in [3.63, 3.8) is 0 Å². The van der Waals surface area contributed by atoms with Crippen LogP contribution in [0, 0.1) is 5.41 Å². The summed E-state index contributed by atoms with van der Waals surface area (Å²) in [6.45, 7) is 6.23. The van der Waals surface area contributed by atoms with Crippen molar-refractivity contribution in [3.8, 4) is 0 Å². The van der Waals surface area contributed by atoms with Gasteiger partial charge in [-0.1, -0.05) is 0 Å². The van der Waals surface area contributed by atoms with Crippen LogP contribution >= 0.6 is 0 Å². The van der Waals surface area contributed by atoms with Crippen molar-refractivity contribution < 1.29 is 13.9 Å². The second kappa shape index (κ2) is 5.16. The number of nitrogens with one attached hydrogen (secondary N) is 1. The maximum Gasteiger partial charge on any atom is 0.312 e. The lowest BCUT2D eigenvalue weighted by molar-refractivity contribution is -0.150. The SMILES string of the molecule is COC(=O)C(C)(C)CNC(C)c1ccco1. The first-order chi connectivity index (χ1) is 7.47. The van der Waals surface area contributed by atoms with Gasteiger partial charge in [-0.15, -0.1) is 0 Å². The molecule has 0 saturated carbocycles. The number of carbonyl (C=O) groups excluding carboxylic acids is 1. The van der Waals surface area contributed by atoms with Crippen LogP contribution in [0.25, 0.3) is 0 Å². The van der Waals surface area contributed by atoms with Crippen LogP contribution in [-0.2, 0) is 9.53 Å². The van der Waals surface area contributed by atoms with Crippen molar-refractivity contribution >= 4 is 5.97 Å². The number of hydrogen-bond acceptors (Lipinski definition) is 4. The Kier molecular flexibility index (Phi) is 4.12. The minimum absolute atomic E-state index is 0.0823. The number of methoxy groups -OCH3 is 1. The molecule has 4 heteroatoms. The first kappa shape index (κ1) is 12.8. The molecule has 0 aromatic carbocycles. The van der Waals surface area contributed by atoms with Gasteiger partial charge in [-0.05, 0) is 32.9 Å². The van der Waals surface area contributed by atoms with E-state index in [4.69, 9.17) is 9.15 Å². The third-order valence-corrected chi connectivity index (χ3v) is 2.56. The summed E-state index contributed by atoms with van der Waals surface area (Å²) >= 11 is 0. The molecule has 0 aliphatic heterocycles. The van der Waals surface area contributed by atoms with Crippen LogP contribution in [0.4, 0.5) is 0 Å². The van der Waals surface area contributed by atoms with Gasteiger partial charge < -0.3 is 14.5 Å². The number of carbonyl (C=O) groups is 1. The molecule has 1 aromatic heterocycles. The van der Waals surface area contributed by atoms with Crippen LogP contribution in [-0.4, -0.2) is 19.6 Å². The fraction of sp³-hybridized carbons (Fsp3) is 0.583. The lowest BCUT2D eigenvalue weighted by Crippen LogP contribution is -2.37. The zero-order valence-corrected chi connectivity index (χ0v) is 10.2. The highest BCUT2D eigenvalue weighted by Gasteiger charge is 2.29. The normalized spacial score (nSPS) is 13.5. The average molecular weight is 225 g/mol. The van der Waals surface area contributed by atoms with E-state index in [2.05, 4.69) is 5.32 Å². The fourth-order valence-corrected chi connectivity index (χ4v) is 1.39. The molecule has 1 unspecified atom stereocenters. The maximum absolute atomic E-state index is 11.4. The molecule has 0 fully saturated rings. The van der Waals surface area contributed by atoms with Crippen molar-refractivity contribution in [2.45, 2.75) is 26.8 Å². The van der Waals surface area contributed by atoms with Gasteiger partial charge in [-0.25, -0.2) is 0 Å². The Balaban J connectivity index is 2.48.